The number of nitrogens with one attached hydrogen (secondary N) is 1. The van der Waals surface area contributed by atoms with Gasteiger partial charge in [-0.2, -0.15) is 10.2 Å². The van der Waals surface area contributed by atoms with Gasteiger partial charge >= 0.3 is 12.5 Å². The molecule has 0 atom stereocenters. The summed E-state index contributed by atoms with van der Waals surface area (Å²) in [7, 11) is -3.20. The van der Waals surface area contributed by atoms with Crippen LogP contribution >= 0.6 is 0 Å². The van der Waals surface area contributed by atoms with Gasteiger partial charge in [-0.05, 0) is 56.7 Å². The molecule has 0 aliphatic heterocycles. The van der Waals surface area contributed by atoms with Crippen molar-refractivity contribution in [2.24, 2.45) is 0 Å². The molecule has 3 aromatic heterocycles. The molecule has 11 nitrogen and oxygen atoms in total. The number of carbonyl (C=O) groups is 1. The van der Waals surface area contributed by atoms with Crippen molar-refractivity contribution in [3.63, 3.8) is 0 Å². The van der Waals surface area contributed by atoms with E-state index in [0.29, 0.717) is 33.5 Å². The van der Waals surface area contributed by atoms with Crippen LogP contribution in [-0.4, -0.2) is 63.0 Å². The van der Waals surface area contributed by atoms with Crippen molar-refractivity contribution in [2.75, 3.05) is 12.0 Å². The van der Waals surface area contributed by atoms with Crippen LogP contribution in [0.4, 0.5) is 18.0 Å². The molecular weight excluding hydrogens is 553 g/mol. The highest BCUT2D eigenvalue weighted by Gasteiger charge is 2.31. The summed E-state index contributed by atoms with van der Waals surface area (Å²) < 4.78 is 73.2. The van der Waals surface area contributed by atoms with Crippen LogP contribution in [0.3, 0.4) is 0 Å². The summed E-state index contributed by atoms with van der Waals surface area (Å²) in [5.41, 5.74) is 1.75. The van der Waals surface area contributed by atoms with Gasteiger partial charge in [-0.3, -0.25) is 4.68 Å². The van der Waals surface area contributed by atoms with Crippen LogP contribution < -0.4 is 10.1 Å². The van der Waals surface area contributed by atoms with Gasteiger partial charge in [-0.25, -0.2) is 22.9 Å². The lowest BCUT2D eigenvalue weighted by molar-refractivity contribution is -0.274. The molecule has 0 unspecified atom stereocenters. The second kappa shape index (κ2) is 10.8. The van der Waals surface area contributed by atoms with E-state index in [9.17, 15) is 26.4 Å². The number of carbonyl (C=O) groups excluding carboxylic acids is 1. The van der Waals surface area contributed by atoms with Crippen molar-refractivity contribution in [1.82, 2.24) is 29.9 Å². The topological polar surface area (TPSA) is 130 Å². The number of pyridine rings is 1. The molecule has 40 heavy (non-hydrogen) atoms. The zero-order valence-corrected chi connectivity index (χ0v) is 22.9. The maximum absolute atomic E-state index is 12.6. The highest BCUT2D eigenvalue weighted by Crippen LogP contribution is 2.32. The maximum atomic E-state index is 12.6. The third kappa shape index (κ3) is 7.49. The van der Waals surface area contributed by atoms with E-state index in [2.05, 4.69) is 25.2 Å². The molecule has 0 fully saturated rings. The van der Waals surface area contributed by atoms with Crippen molar-refractivity contribution in [3.05, 3.63) is 54.6 Å². The highest BCUT2D eigenvalue weighted by molar-refractivity contribution is 7.90. The summed E-state index contributed by atoms with van der Waals surface area (Å²) in [4.78, 5) is 16.8. The van der Waals surface area contributed by atoms with E-state index >= 15 is 0 Å². The number of rotatable bonds is 8. The number of sulfone groups is 1. The minimum absolute atomic E-state index is 0.0470. The molecule has 1 aromatic carbocycles. The zero-order chi connectivity index (χ0) is 29.3. The number of hydrogen-bond acceptors (Lipinski definition) is 8. The first-order chi connectivity index (χ1) is 18.6. The van der Waals surface area contributed by atoms with Crippen molar-refractivity contribution in [2.45, 2.75) is 45.8 Å². The average Bonchev–Trinajstić information content (AvgIpc) is 3.44. The Hall–Kier alpha value is -4.14. The predicted octanol–water partition coefficient (Wildman–Crippen LogP) is 4.25. The number of benzene rings is 1. The number of halogens is 3. The number of aromatic nitrogens is 5. The lowest BCUT2D eigenvalue weighted by Gasteiger charge is -2.19. The van der Waals surface area contributed by atoms with Crippen molar-refractivity contribution < 1.29 is 35.9 Å². The summed E-state index contributed by atoms with van der Waals surface area (Å²) in [6, 6.07) is 6.84. The van der Waals surface area contributed by atoms with Crippen LogP contribution in [0, 0.1) is 0 Å². The Morgan fingerprint density at radius 1 is 1.10 bits per heavy atom. The van der Waals surface area contributed by atoms with Gasteiger partial charge in [-0.15, -0.1) is 13.2 Å². The number of fused-ring (bicyclic) bond motifs is 1. The molecular formula is C25H27F3N6O5S. The van der Waals surface area contributed by atoms with E-state index in [0.717, 1.165) is 18.4 Å². The normalized spacial score (nSPS) is 12.5. The Morgan fingerprint density at radius 2 is 1.80 bits per heavy atom. The first-order valence-corrected chi connectivity index (χ1v) is 14.0. The van der Waals surface area contributed by atoms with Crippen LogP contribution in [-0.2, 0) is 27.7 Å². The summed E-state index contributed by atoms with van der Waals surface area (Å²) in [5, 5.41) is 12.1. The Labute approximate surface area is 227 Å². The molecule has 1 amide bonds. The summed E-state index contributed by atoms with van der Waals surface area (Å²) in [6.07, 6.45) is 0.444. The van der Waals surface area contributed by atoms with Gasteiger partial charge in [0.25, 0.3) is 0 Å². The van der Waals surface area contributed by atoms with Gasteiger partial charge in [0.2, 0.25) is 0 Å². The fourth-order valence-corrected chi connectivity index (χ4v) is 4.32. The lowest BCUT2D eigenvalue weighted by Crippen LogP contribution is -2.32. The number of amides is 1. The van der Waals surface area contributed by atoms with Crippen LogP contribution in [0.15, 0.2) is 48.9 Å². The Morgan fingerprint density at radius 3 is 2.42 bits per heavy atom. The van der Waals surface area contributed by atoms with E-state index in [-0.39, 0.29) is 18.8 Å². The minimum Gasteiger partial charge on any atom is -0.444 e. The SMILES string of the molecule is CC(C)(C)OC(=O)NCc1nn(-c2ccc(OC(F)(F)F)cc2)c2nccc(-c3cnn(CCS(C)(=O)=O)c3)c12. The third-order valence-electron chi connectivity index (χ3n) is 5.39. The molecule has 1 N–H and O–H groups in total. The maximum Gasteiger partial charge on any atom is 0.573 e. The first kappa shape index (κ1) is 28.9. The van der Waals surface area contributed by atoms with E-state index in [4.69, 9.17) is 4.74 Å². The molecule has 4 aromatic rings. The zero-order valence-electron chi connectivity index (χ0n) is 22.1. The van der Waals surface area contributed by atoms with Gasteiger partial charge < -0.3 is 14.8 Å². The fraction of sp³-hybridized carbons (Fsp3) is 0.360. The Kier molecular flexibility index (Phi) is 7.78. The van der Waals surface area contributed by atoms with Crippen LogP contribution in [0.25, 0.3) is 27.8 Å². The molecule has 0 aliphatic rings. The largest absolute Gasteiger partial charge is 0.573 e. The van der Waals surface area contributed by atoms with E-state index in [1.165, 1.54) is 27.7 Å². The molecule has 0 bridgehead atoms. The second-order valence-corrected chi connectivity index (χ2v) is 12.2. The molecule has 0 spiro atoms. The lowest BCUT2D eigenvalue weighted by atomic mass is 10.1. The fourth-order valence-electron chi connectivity index (χ4n) is 3.80. The standard InChI is InChI=1S/C25H27F3N6O5S/c1-24(2,3)39-23(35)30-14-20-21-19(16-13-31-33(15-16)11-12-40(4,36)37)9-10-29-22(21)34(32-20)17-5-7-18(8-6-17)38-25(26,27)28/h5-10,13,15H,11-12,14H2,1-4H3,(H,30,35). The summed E-state index contributed by atoms with van der Waals surface area (Å²) in [6.45, 7) is 5.30. The summed E-state index contributed by atoms with van der Waals surface area (Å²) >= 11 is 0. The van der Waals surface area contributed by atoms with Gasteiger partial charge in [0.05, 0.1) is 41.8 Å². The van der Waals surface area contributed by atoms with Gasteiger partial charge in [0.1, 0.15) is 21.2 Å². The molecule has 214 valence electrons. The number of nitrogens with zero attached hydrogens (tertiary/aromatic N) is 5. The highest BCUT2D eigenvalue weighted by atomic mass is 32.2. The number of alkyl halides is 3. The van der Waals surface area contributed by atoms with Crippen LogP contribution in [0.5, 0.6) is 5.75 Å². The Bertz CT molecular complexity index is 1620. The first-order valence-electron chi connectivity index (χ1n) is 12.0. The third-order valence-corrected chi connectivity index (χ3v) is 6.31. The van der Waals surface area contributed by atoms with Crippen molar-refractivity contribution in [3.8, 4) is 22.6 Å². The number of aryl methyl sites for hydroxylation is 1. The second-order valence-electron chi connectivity index (χ2n) is 9.93. The van der Waals surface area contributed by atoms with E-state index < -0.39 is 33.6 Å². The average molecular weight is 581 g/mol. The van der Waals surface area contributed by atoms with Gasteiger partial charge in [0, 0.05) is 24.2 Å². The summed E-state index contributed by atoms with van der Waals surface area (Å²) in [5.74, 6) is -0.480. The van der Waals surface area contributed by atoms with Crippen LogP contribution in [0.1, 0.15) is 26.5 Å². The molecule has 0 saturated heterocycles. The molecule has 4 rings (SSSR count). The monoisotopic (exact) mass is 580 g/mol. The van der Waals surface area contributed by atoms with E-state index in [1.54, 1.807) is 39.2 Å². The van der Waals surface area contributed by atoms with Gasteiger partial charge in [-0.1, -0.05) is 0 Å². The van der Waals surface area contributed by atoms with Gasteiger partial charge in [0.15, 0.2) is 5.65 Å². The smallest absolute Gasteiger partial charge is 0.444 e. The molecule has 0 aliphatic carbocycles. The molecule has 0 radical (unpaired) electrons. The van der Waals surface area contributed by atoms with Crippen molar-refractivity contribution in [1.29, 1.82) is 0 Å². The molecule has 0 saturated carbocycles. The Balaban J connectivity index is 1.75. The molecule has 3 heterocycles. The number of alkyl carbamates (subject to hydrolysis) is 1. The minimum atomic E-state index is -4.83. The quantitative estimate of drug-likeness (QED) is 0.327. The van der Waals surface area contributed by atoms with E-state index in [1.807, 2.05) is 0 Å². The van der Waals surface area contributed by atoms with Crippen LogP contribution in [0.2, 0.25) is 0 Å². The van der Waals surface area contributed by atoms with Crippen molar-refractivity contribution >= 4 is 27.0 Å². The predicted molar refractivity (Wildman–Crippen MR) is 140 cm³/mol. The molecule has 15 heteroatoms. The number of hydrogen-bond donors (Lipinski definition) is 1. The number of ether oxygens (including phenoxy) is 2.